The maximum absolute atomic E-state index is 12.4. The number of halogens is 4. The van der Waals surface area contributed by atoms with Crippen LogP contribution < -0.4 is 5.32 Å². The van der Waals surface area contributed by atoms with E-state index in [-0.39, 0.29) is 28.7 Å². The molecule has 0 saturated heterocycles. The Labute approximate surface area is 118 Å². The second-order valence-electron chi connectivity index (χ2n) is 3.94. The van der Waals surface area contributed by atoms with E-state index in [0.29, 0.717) is 0 Å². The summed E-state index contributed by atoms with van der Waals surface area (Å²) in [6, 6.07) is 0.651. The highest BCUT2D eigenvalue weighted by atomic mass is 35.5. The molecule has 108 valence electrons. The van der Waals surface area contributed by atoms with E-state index >= 15 is 0 Å². The number of rotatable bonds is 5. The van der Waals surface area contributed by atoms with E-state index in [4.69, 9.17) is 16.7 Å². The first-order valence-corrected chi connectivity index (χ1v) is 7.09. The van der Waals surface area contributed by atoms with Crippen LogP contribution in [-0.4, -0.2) is 34.2 Å². The number of nitrogens with zero attached hydrogens (tertiary/aromatic N) is 1. The van der Waals surface area contributed by atoms with Crippen molar-refractivity contribution in [1.82, 2.24) is 4.98 Å². The number of thioether (sulfide) groups is 1. The van der Waals surface area contributed by atoms with Gasteiger partial charge < -0.3 is 10.4 Å². The Morgan fingerprint density at radius 1 is 1.53 bits per heavy atom. The van der Waals surface area contributed by atoms with E-state index < -0.39 is 11.7 Å². The van der Waals surface area contributed by atoms with E-state index in [2.05, 4.69) is 10.3 Å². The molecule has 0 spiro atoms. The van der Waals surface area contributed by atoms with Crippen molar-refractivity contribution in [3.63, 3.8) is 0 Å². The van der Waals surface area contributed by atoms with E-state index in [1.54, 1.807) is 6.92 Å². The molecule has 0 saturated carbocycles. The molecule has 1 heterocycles. The Bertz CT molecular complexity index is 427. The summed E-state index contributed by atoms with van der Waals surface area (Å²) >= 11 is 7.22. The van der Waals surface area contributed by atoms with Gasteiger partial charge >= 0.3 is 6.18 Å². The molecule has 1 rings (SSSR count). The molecule has 0 aliphatic rings. The fourth-order valence-corrected chi connectivity index (χ4v) is 2.29. The average molecular weight is 315 g/mol. The van der Waals surface area contributed by atoms with Crippen LogP contribution in [0.3, 0.4) is 0 Å². The third-order valence-corrected chi connectivity index (χ3v) is 4.02. The molecule has 0 aliphatic carbocycles. The number of nitrogens with one attached hydrogen (secondary N) is 1. The Balaban J connectivity index is 2.86. The molecule has 0 bridgehead atoms. The number of hydrogen-bond acceptors (Lipinski definition) is 4. The molecule has 19 heavy (non-hydrogen) atoms. The topological polar surface area (TPSA) is 45.1 Å². The first-order chi connectivity index (χ1) is 8.79. The largest absolute Gasteiger partial charge is 0.417 e. The summed E-state index contributed by atoms with van der Waals surface area (Å²) in [4.78, 5) is 3.68. The fourth-order valence-electron chi connectivity index (χ4n) is 1.44. The number of aliphatic hydroxyl groups excluding tert-OH is 1. The van der Waals surface area contributed by atoms with Gasteiger partial charge in [-0.25, -0.2) is 4.98 Å². The third-order valence-electron chi connectivity index (χ3n) is 2.57. The van der Waals surface area contributed by atoms with E-state index in [1.165, 1.54) is 11.8 Å². The zero-order valence-electron chi connectivity index (χ0n) is 10.3. The highest BCUT2D eigenvalue weighted by Crippen LogP contribution is 2.32. The lowest BCUT2D eigenvalue weighted by Crippen LogP contribution is -2.31. The Morgan fingerprint density at radius 2 is 2.16 bits per heavy atom. The fraction of sp³-hybridized carbons (Fsp3) is 0.545. The number of aromatic nitrogens is 1. The molecular formula is C11H14ClF3N2OS. The Kier molecular flexibility index (Phi) is 5.76. The number of anilines is 1. The lowest BCUT2D eigenvalue weighted by atomic mass is 10.2. The number of hydrogen-bond donors (Lipinski definition) is 2. The van der Waals surface area contributed by atoms with Crippen LogP contribution in [0.1, 0.15) is 12.5 Å². The van der Waals surface area contributed by atoms with Gasteiger partial charge in [0.2, 0.25) is 0 Å². The maximum atomic E-state index is 12.4. The standard InChI is InChI=1S/C11H14ClF3N2OS/c1-6(9(5-18)19-2)17-10-8(12)3-7(4-16-10)11(13,14)15/h3-4,6,9,18H,5H2,1-2H3,(H,16,17). The average Bonchev–Trinajstić information content (AvgIpc) is 2.32. The van der Waals surface area contributed by atoms with E-state index in [1.807, 2.05) is 6.26 Å². The minimum absolute atomic E-state index is 0.0480. The lowest BCUT2D eigenvalue weighted by Gasteiger charge is -2.22. The molecule has 2 N–H and O–H groups in total. The highest BCUT2D eigenvalue weighted by Gasteiger charge is 2.31. The third kappa shape index (κ3) is 4.43. The minimum atomic E-state index is -4.46. The SMILES string of the molecule is CSC(CO)C(C)Nc1ncc(C(F)(F)F)cc1Cl. The first-order valence-electron chi connectivity index (χ1n) is 5.42. The van der Waals surface area contributed by atoms with Crippen LogP contribution >= 0.6 is 23.4 Å². The van der Waals surface area contributed by atoms with Crippen LogP contribution in [0.4, 0.5) is 19.0 Å². The molecule has 8 heteroatoms. The summed E-state index contributed by atoms with van der Waals surface area (Å²) in [7, 11) is 0. The smallest absolute Gasteiger partial charge is 0.395 e. The van der Waals surface area contributed by atoms with Gasteiger partial charge in [0.05, 0.1) is 17.2 Å². The Hall–Kier alpha value is -0.660. The summed E-state index contributed by atoms with van der Waals surface area (Å²) in [5.74, 6) is 0.176. The van der Waals surface area contributed by atoms with Crippen LogP contribution in [0.5, 0.6) is 0 Å². The zero-order chi connectivity index (χ0) is 14.6. The molecule has 0 aromatic carbocycles. The molecule has 3 nitrogen and oxygen atoms in total. The van der Waals surface area contributed by atoms with Crippen LogP contribution in [-0.2, 0) is 6.18 Å². The molecule has 2 unspecified atom stereocenters. The van der Waals surface area contributed by atoms with Gasteiger partial charge in [0, 0.05) is 17.5 Å². The van der Waals surface area contributed by atoms with Gasteiger partial charge in [0.25, 0.3) is 0 Å². The summed E-state index contributed by atoms with van der Waals surface area (Å²) in [6.07, 6.45) is -1.90. The van der Waals surface area contributed by atoms with E-state index in [0.717, 1.165) is 12.3 Å². The van der Waals surface area contributed by atoms with Crippen molar-refractivity contribution in [1.29, 1.82) is 0 Å². The van der Waals surface area contributed by atoms with Crippen molar-refractivity contribution in [3.05, 3.63) is 22.8 Å². The summed E-state index contributed by atoms with van der Waals surface area (Å²) < 4.78 is 37.3. The van der Waals surface area contributed by atoms with Crippen LogP contribution in [0.2, 0.25) is 5.02 Å². The van der Waals surface area contributed by atoms with Crippen molar-refractivity contribution in [2.24, 2.45) is 0 Å². The van der Waals surface area contributed by atoms with Crippen molar-refractivity contribution in [2.45, 2.75) is 24.4 Å². The monoisotopic (exact) mass is 314 g/mol. The molecule has 0 aliphatic heterocycles. The van der Waals surface area contributed by atoms with Gasteiger partial charge in [0.1, 0.15) is 5.82 Å². The number of alkyl halides is 3. The molecular weight excluding hydrogens is 301 g/mol. The normalized spacial score (nSPS) is 15.1. The predicted molar refractivity (Wildman–Crippen MR) is 71.7 cm³/mol. The van der Waals surface area contributed by atoms with Gasteiger partial charge in [-0.05, 0) is 19.2 Å². The van der Waals surface area contributed by atoms with Gasteiger partial charge in [-0.1, -0.05) is 11.6 Å². The second-order valence-corrected chi connectivity index (χ2v) is 5.43. The van der Waals surface area contributed by atoms with Gasteiger partial charge in [-0.3, -0.25) is 0 Å². The summed E-state index contributed by atoms with van der Waals surface area (Å²) in [6.45, 7) is 1.75. The minimum Gasteiger partial charge on any atom is -0.395 e. The zero-order valence-corrected chi connectivity index (χ0v) is 11.9. The molecule has 1 aromatic heterocycles. The van der Waals surface area contributed by atoms with Crippen molar-refractivity contribution in [3.8, 4) is 0 Å². The summed E-state index contributed by atoms with van der Waals surface area (Å²) in [5, 5.41) is 11.8. The van der Waals surface area contributed by atoms with Crippen molar-refractivity contribution < 1.29 is 18.3 Å². The van der Waals surface area contributed by atoms with Crippen LogP contribution in [0.25, 0.3) is 0 Å². The van der Waals surface area contributed by atoms with Crippen molar-refractivity contribution in [2.75, 3.05) is 18.2 Å². The van der Waals surface area contributed by atoms with Gasteiger partial charge in [-0.2, -0.15) is 24.9 Å². The van der Waals surface area contributed by atoms with Gasteiger partial charge in [-0.15, -0.1) is 0 Å². The van der Waals surface area contributed by atoms with Crippen LogP contribution in [0, 0.1) is 0 Å². The quantitative estimate of drug-likeness (QED) is 0.875. The highest BCUT2D eigenvalue weighted by molar-refractivity contribution is 7.99. The van der Waals surface area contributed by atoms with Crippen LogP contribution in [0.15, 0.2) is 12.3 Å². The molecule has 0 amide bonds. The molecule has 0 radical (unpaired) electrons. The predicted octanol–water partition coefficient (Wildman–Crippen LogP) is 3.28. The Morgan fingerprint density at radius 3 is 2.58 bits per heavy atom. The number of pyridine rings is 1. The molecule has 2 atom stereocenters. The molecule has 0 fully saturated rings. The second kappa shape index (κ2) is 6.67. The molecule has 1 aromatic rings. The maximum Gasteiger partial charge on any atom is 0.417 e. The summed E-state index contributed by atoms with van der Waals surface area (Å²) in [5.41, 5.74) is -0.890. The number of aliphatic hydroxyl groups is 1. The van der Waals surface area contributed by atoms with E-state index in [9.17, 15) is 13.2 Å². The first kappa shape index (κ1) is 16.4. The van der Waals surface area contributed by atoms with Crippen molar-refractivity contribution >= 4 is 29.2 Å². The lowest BCUT2D eigenvalue weighted by molar-refractivity contribution is -0.137. The van der Waals surface area contributed by atoms with Gasteiger partial charge in [0.15, 0.2) is 0 Å².